The molecule has 0 radical (unpaired) electrons. The number of ether oxygens (including phenoxy) is 1. The molecule has 2 N–H and O–H groups in total. The third kappa shape index (κ3) is 3.37. The molecule has 2 aliphatic heterocycles. The molecule has 0 unspecified atom stereocenters. The van der Waals surface area contributed by atoms with Crippen molar-refractivity contribution in [3.05, 3.63) is 34.5 Å². The van der Waals surface area contributed by atoms with E-state index in [4.69, 9.17) is 21.0 Å². The maximum atomic E-state index is 9.83. The molecule has 0 saturated carbocycles. The number of aromatic nitrogens is 2. The van der Waals surface area contributed by atoms with Crippen molar-refractivity contribution in [1.82, 2.24) is 9.97 Å². The molecule has 3 heterocycles. The highest BCUT2D eigenvalue weighted by atomic mass is 35.5. The van der Waals surface area contributed by atoms with Crippen LogP contribution in [0.1, 0.15) is 24.0 Å². The monoisotopic (exact) mass is 359 g/mol. The predicted molar refractivity (Wildman–Crippen MR) is 97.1 cm³/mol. The minimum atomic E-state index is -0.959. The second-order valence-electron chi connectivity index (χ2n) is 6.48. The van der Waals surface area contributed by atoms with E-state index < -0.39 is 7.12 Å². The third-order valence-corrected chi connectivity index (χ3v) is 4.90. The second kappa shape index (κ2) is 6.92. The molecule has 4 rings (SSSR count). The number of halogens is 1. The molecular weight excluding hydrogens is 340 g/mol. The van der Waals surface area contributed by atoms with Crippen LogP contribution in [-0.2, 0) is 16.0 Å². The summed E-state index contributed by atoms with van der Waals surface area (Å²) in [6, 6.07) is 3.97. The molecule has 0 aliphatic carbocycles. The highest BCUT2D eigenvalue weighted by Gasteiger charge is 2.30. The van der Waals surface area contributed by atoms with Crippen LogP contribution in [0.25, 0.3) is 11.4 Å². The summed E-state index contributed by atoms with van der Waals surface area (Å²) in [5.74, 6) is 1.41. The van der Waals surface area contributed by atoms with Crippen molar-refractivity contribution >= 4 is 30.0 Å². The first-order valence-electron chi connectivity index (χ1n) is 8.42. The highest BCUT2D eigenvalue weighted by molar-refractivity contribution is 6.65. The summed E-state index contributed by atoms with van der Waals surface area (Å²) in [6.45, 7) is 3.84. The number of aryl methyl sites for hydroxylation is 1. The maximum absolute atomic E-state index is 9.83. The van der Waals surface area contributed by atoms with Crippen molar-refractivity contribution in [3.8, 4) is 11.4 Å². The van der Waals surface area contributed by atoms with Crippen LogP contribution in [0, 0.1) is 6.92 Å². The summed E-state index contributed by atoms with van der Waals surface area (Å²) in [5.41, 5.74) is 3.30. The van der Waals surface area contributed by atoms with Crippen LogP contribution < -0.4 is 10.8 Å². The molecule has 1 aromatic heterocycles. The average molecular weight is 360 g/mol. The van der Waals surface area contributed by atoms with Crippen molar-refractivity contribution in [3.63, 3.8) is 0 Å². The lowest BCUT2D eigenvalue weighted by Gasteiger charge is -2.24. The fourth-order valence-corrected chi connectivity index (χ4v) is 3.56. The molecule has 1 fully saturated rings. The van der Waals surface area contributed by atoms with Crippen LogP contribution in [0.4, 0.5) is 5.82 Å². The first kappa shape index (κ1) is 16.8. The zero-order valence-electron chi connectivity index (χ0n) is 14.0. The van der Waals surface area contributed by atoms with Crippen molar-refractivity contribution < 1.29 is 14.4 Å². The lowest BCUT2D eigenvalue weighted by atomic mass is 9.79. The molecule has 25 heavy (non-hydrogen) atoms. The SMILES string of the molecule is Cc1cnc(-c2cc(Cl)c3c(c2)COB3O)nc1N[C@@H]1CCCOC1. The molecular formula is C17H19BClN3O3. The Morgan fingerprint density at radius 2 is 2.28 bits per heavy atom. The van der Waals surface area contributed by atoms with Gasteiger partial charge in [-0.1, -0.05) is 11.6 Å². The Morgan fingerprint density at radius 3 is 3.08 bits per heavy atom. The zero-order chi connectivity index (χ0) is 17.4. The molecule has 0 spiro atoms. The number of rotatable bonds is 3. The van der Waals surface area contributed by atoms with Crippen LogP contribution in [0.15, 0.2) is 18.3 Å². The Bertz CT molecular complexity index is 799. The van der Waals surface area contributed by atoms with E-state index in [2.05, 4.69) is 15.3 Å². The van der Waals surface area contributed by atoms with E-state index in [9.17, 15) is 5.02 Å². The van der Waals surface area contributed by atoms with Crippen LogP contribution in [0.3, 0.4) is 0 Å². The first-order chi connectivity index (χ1) is 12.1. The average Bonchev–Trinajstić information content (AvgIpc) is 2.99. The van der Waals surface area contributed by atoms with Gasteiger partial charge in [-0.3, -0.25) is 0 Å². The number of nitrogens with zero attached hydrogens (tertiary/aromatic N) is 2. The van der Waals surface area contributed by atoms with Gasteiger partial charge in [0.2, 0.25) is 0 Å². The van der Waals surface area contributed by atoms with Crippen molar-refractivity contribution in [1.29, 1.82) is 0 Å². The normalized spacial score (nSPS) is 19.8. The van der Waals surface area contributed by atoms with Gasteiger partial charge >= 0.3 is 7.12 Å². The van der Waals surface area contributed by atoms with Crippen LogP contribution in [-0.4, -0.2) is 41.4 Å². The molecule has 1 saturated heterocycles. The Morgan fingerprint density at radius 1 is 1.40 bits per heavy atom. The van der Waals surface area contributed by atoms with Gasteiger partial charge in [0.05, 0.1) is 19.3 Å². The first-order valence-corrected chi connectivity index (χ1v) is 8.80. The molecule has 130 valence electrons. The second-order valence-corrected chi connectivity index (χ2v) is 6.89. The van der Waals surface area contributed by atoms with E-state index in [0.717, 1.165) is 42.0 Å². The molecule has 2 aromatic rings. The number of benzene rings is 1. The van der Waals surface area contributed by atoms with E-state index in [1.165, 1.54) is 0 Å². The molecule has 6 nitrogen and oxygen atoms in total. The highest BCUT2D eigenvalue weighted by Crippen LogP contribution is 2.26. The van der Waals surface area contributed by atoms with Gasteiger partial charge in [-0.15, -0.1) is 0 Å². The molecule has 0 bridgehead atoms. The van der Waals surface area contributed by atoms with Gasteiger partial charge in [0, 0.05) is 34.4 Å². The quantitative estimate of drug-likeness (QED) is 0.815. The molecule has 1 atom stereocenters. The predicted octanol–water partition coefficient (Wildman–Crippen LogP) is 1.91. The largest absolute Gasteiger partial charge is 0.493 e. The van der Waals surface area contributed by atoms with Gasteiger partial charge in [-0.25, -0.2) is 9.97 Å². The topological polar surface area (TPSA) is 76.5 Å². The van der Waals surface area contributed by atoms with Gasteiger partial charge < -0.3 is 19.7 Å². The van der Waals surface area contributed by atoms with E-state index >= 15 is 0 Å². The maximum Gasteiger partial charge on any atom is 0.493 e. The van der Waals surface area contributed by atoms with Crippen molar-refractivity contribution in [2.45, 2.75) is 32.4 Å². The van der Waals surface area contributed by atoms with E-state index in [0.29, 0.717) is 29.5 Å². The summed E-state index contributed by atoms with van der Waals surface area (Å²) >= 11 is 6.32. The molecule has 1 aromatic carbocycles. The number of hydrogen-bond donors (Lipinski definition) is 2. The smallest absolute Gasteiger partial charge is 0.423 e. The van der Waals surface area contributed by atoms with Crippen LogP contribution >= 0.6 is 11.6 Å². The van der Waals surface area contributed by atoms with Crippen LogP contribution in [0.2, 0.25) is 5.02 Å². The molecule has 8 heteroatoms. The van der Waals surface area contributed by atoms with Gasteiger partial charge in [-0.2, -0.15) is 0 Å². The third-order valence-electron chi connectivity index (χ3n) is 4.59. The van der Waals surface area contributed by atoms with Crippen molar-refractivity contribution in [2.75, 3.05) is 18.5 Å². The molecule has 0 amide bonds. The lowest BCUT2D eigenvalue weighted by molar-refractivity contribution is 0.0875. The Balaban J connectivity index is 1.65. The summed E-state index contributed by atoms with van der Waals surface area (Å²) in [4.78, 5) is 9.13. The fraction of sp³-hybridized carbons (Fsp3) is 0.412. The summed E-state index contributed by atoms with van der Waals surface area (Å²) in [6.07, 6.45) is 3.93. The number of anilines is 1. The number of fused-ring (bicyclic) bond motifs is 1. The summed E-state index contributed by atoms with van der Waals surface area (Å²) < 4.78 is 10.8. The molecule has 2 aliphatic rings. The Kier molecular flexibility index (Phi) is 4.64. The Labute approximate surface area is 151 Å². The Hall–Kier alpha value is -1.67. The van der Waals surface area contributed by atoms with E-state index in [-0.39, 0.29) is 6.04 Å². The summed E-state index contributed by atoms with van der Waals surface area (Å²) in [7, 11) is -0.959. The number of hydrogen-bond acceptors (Lipinski definition) is 6. The van der Waals surface area contributed by atoms with E-state index in [1.54, 1.807) is 12.3 Å². The van der Waals surface area contributed by atoms with Gasteiger partial charge in [0.1, 0.15) is 5.82 Å². The van der Waals surface area contributed by atoms with Gasteiger partial charge in [-0.05, 0) is 37.5 Å². The number of nitrogens with one attached hydrogen (secondary N) is 1. The minimum Gasteiger partial charge on any atom is -0.423 e. The van der Waals surface area contributed by atoms with Gasteiger partial charge in [0.15, 0.2) is 5.82 Å². The standard InChI is InChI=1S/C17H19BClN3O3/c1-10-7-20-17(22-16(10)21-13-3-2-4-24-9-13)11-5-12-8-25-18(23)15(12)14(19)6-11/h5-7,13,23H,2-4,8-9H2,1H3,(H,20,21,22)/t13-/m1/s1. The van der Waals surface area contributed by atoms with Crippen LogP contribution in [0.5, 0.6) is 0 Å². The lowest BCUT2D eigenvalue weighted by Crippen LogP contribution is -2.30. The van der Waals surface area contributed by atoms with Crippen molar-refractivity contribution in [2.24, 2.45) is 0 Å². The van der Waals surface area contributed by atoms with Gasteiger partial charge in [0.25, 0.3) is 0 Å². The summed E-state index contributed by atoms with van der Waals surface area (Å²) in [5, 5.41) is 13.8. The minimum absolute atomic E-state index is 0.266. The van der Waals surface area contributed by atoms with E-state index in [1.807, 2.05) is 13.0 Å². The fourth-order valence-electron chi connectivity index (χ4n) is 3.23. The zero-order valence-corrected chi connectivity index (χ0v) is 14.7.